The molecular formula is C22H16N4. The van der Waals surface area contributed by atoms with Crippen LogP contribution in [0, 0.1) is 11.8 Å². The topological polar surface area (TPSA) is 42.5 Å². The summed E-state index contributed by atoms with van der Waals surface area (Å²) in [5, 5.41) is 7.00. The molecule has 124 valence electrons. The zero-order chi connectivity index (χ0) is 17.1. The van der Waals surface area contributed by atoms with Crippen molar-refractivity contribution in [2.75, 3.05) is 0 Å². The van der Waals surface area contributed by atoms with Gasteiger partial charge in [0.15, 0.2) is 0 Å². The fraction of sp³-hybridized carbons (Fsp3) is 0.136. The standard InChI is InChI=1S/C22H16N4/c1-2-5-15-10-17(9-8-14(15)4-1)26-13-16(11-24-26)20-12-23-19-7-3-6-18-21(19)22(18)25-20/h1-13,18,21-22H. The Morgan fingerprint density at radius 3 is 2.88 bits per heavy atom. The van der Waals surface area contributed by atoms with E-state index in [2.05, 4.69) is 70.8 Å². The second-order valence-corrected chi connectivity index (χ2v) is 7.05. The quantitative estimate of drug-likeness (QED) is 0.698. The van der Waals surface area contributed by atoms with Crippen LogP contribution < -0.4 is 0 Å². The molecule has 0 saturated heterocycles. The average molecular weight is 336 g/mol. The van der Waals surface area contributed by atoms with Gasteiger partial charge in [-0.05, 0) is 29.0 Å². The molecule has 2 aliphatic carbocycles. The van der Waals surface area contributed by atoms with Crippen LogP contribution in [0.2, 0.25) is 0 Å². The highest BCUT2D eigenvalue weighted by molar-refractivity contribution is 6.38. The lowest BCUT2D eigenvalue weighted by atomic mass is 10.1. The molecule has 1 aromatic heterocycles. The van der Waals surface area contributed by atoms with Crippen molar-refractivity contribution < 1.29 is 0 Å². The summed E-state index contributed by atoms with van der Waals surface area (Å²) in [7, 11) is 0. The Hall–Kier alpha value is -3.27. The number of nitrogens with zero attached hydrogens (tertiary/aromatic N) is 4. The molecule has 3 atom stereocenters. The molecule has 26 heavy (non-hydrogen) atoms. The summed E-state index contributed by atoms with van der Waals surface area (Å²) in [6, 6.07) is 15.1. The van der Waals surface area contributed by atoms with Crippen molar-refractivity contribution >= 4 is 22.7 Å². The van der Waals surface area contributed by atoms with Crippen molar-refractivity contribution in [1.82, 2.24) is 9.78 Å². The first-order valence-corrected chi connectivity index (χ1v) is 8.91. The Morgan fingerprint density at radius 1 is 1.00 bits per heavy atom. The molecule has 3 aliphatic rings. The number of hydrogen-bond donors (Lipinski definition) is 0. The number of hydrogen-bond acceptors (Lipinski definition) is 3. The minimum absolute atomic E-state index is 0.335. The lowest BCUT2D eigenvalue weighted by Crippen LogP contribution is -2.03. The lowest BCUT2D eigenvalue weighted by Gasteiger charge is -2.04. The SMILES string of the molecule is C1=CC2C3N=C(c4cnn(-c5ccc6ccccc6c5)c4)C=NC(=C1)C23. The lowest BCUT2D eigenvalue weighted by molar-refractivity contribution is 0.882. The van der Waals surface area contributed by atoms with E-state index in [1.807, 2.05) is 23.3 Å². The van der Waals surface area contributed by atoms with Crippen molar-refractivity contribution in [3.05, 3.63) is 84.3 Å². The molecule has 3 unspecified atom stereocenters. The van der Waals surface area contributed by atoms with Crippen LogP contribution in [-0.4, -0.2) is 27.7 Å². The molecule has 6 rings (SSSR count). The largest absolute Gasteiger partial charge is 0.278 e. The van der Waals surface area contributed by atoms with Crippen molar-refractivity contribution in [3.8, 4) is 5.69 Å². The van der Waals surface area contributed by atoms with Gasteiger partial charge in [0.2, 0.25) is 0 Å². The predicted octanol–water partition coefficient (Wildman–Crippen LogP) is 3.97. The number of aliphatic imine (C=N–C) groups is 2. The van der Waals surface area contributed by atoms with Gasteiger partial charge in [-0.15, -0.1) is 0 Å². The van der Waals surface area contributed by atoms with E-state index in [1.165, 1.54) is 10.8 Å². The van der Waals surface area contributed by atoms with Gasteiger partial charge in [0.05, 0.1) is 29.9 Å². The van der Waals surface area contributed by atoms with Gasteiger partial charge in [0, 0.05) is 29.3 Å². The Morgan fingerprint density at radius 2 is 1.92 bits per heavy atom. The molecule has 2 aromatic carbocycles. The molecule has 0 N–H and O–H groups in total. The van der Waals surface area contributed by atoms with Gasteiger partial charge in [-0.3, -0.25) is 9.98 Å². The maximum absolute atomic E-state index is 4.94. The summed E-state index contributed by atoms with van der Waals surface area (Å²) >= 11 is 0. The molecule has 4 nitrogen and oxygen atoms in total. The van der Waals surface area contributed by atoms with Gasteiger partial charge in [-0.25, -0.2) is 4.68 Å². The third-order valence-corrected chi connectivity index (χ3v) is 5.48. The Kier molecular flexibility index (Phi) is 2.75. The third-order valence-electron chi connectivity index (χ3n) is 5.48. The van der Waals surface area contributed by atoms with Crippen molar-refractivity contribution in [3.63, 3.8) is 0 Å². The zero-order valence-electron chi connectivity index (χ0n) is 14.0. The van der Waals surface area contributed by atoms with Crippen molar-refractivity contribution in [2.45, 2.75) is 6.04 Å². The highest BCUT2D eigenvalue weighted by Gasteiger charge is 2.52. The van der Waals surface area contributed by atoms with Crippen LogP contribution in [0.15, 0.2) is 88.8 Å². The fourth-order valence-corrected chi connectivity index (χ4v) is 4.01. The molecule has 1 fully saturated rings. The molecule has 4 heteroatoms. The first kappa shape index (κ1) is 14.0. The van der Waals surface area contributed by atoms with E-state index in [0.29, 0.717) is 17.9 Å². The van der Waals surface area contributed by atoms with Gasteiger partial charge in [-0.2, -0.15) is 5.10 Å². The van der Waals surface area contributed by atoms with E-state index in [1.54, 1.807) is 0 Å². The molecule has 0 radical (unpaired) electrons. The van der Waals surface area contributed by atoms with Gasteiger partial charge >= 0.3 is 0 Å². The summed E-state index contributed by atoms with van der Waals surface area (Å²) in [4.78, 5) is 9.61. The molecule has 1 aliphatic heterocycles. The van der Waals surface area contributed by atoms with E-state index >= 15 is 0 Å². The number of fused-ring (bicyclic) bond motifs is 2. The summed E-state index contributed by atoms with van der Waals surface area (Å²) in [5.74, 6) is 1.00. The minimum atomic E-state index is 0.335. The number of aromatic nitrogens is 2. The second kappa shape index (κ2) is 5.11. The summed E-state index contributed by atoms with van der Waals surface area (Å²) in [5.41, 5.74) is 4.14. The molecule has 3 aromatic rings. The molecule has 2 heterocycles. The zero-order valence-corrected chi connectivity index (χ0v) is 14.0. The molecule has 0 bridgehead atoms. The molecule has 0 spiro atoms. The van der Waals surface area contributed by atoms with E-state index < -0.39 is 0 Å². The van der Waals surface area contributed by atoms with Gasteiger partial charge < -0.3 is 0 Å². The Labute approximate surface area is 150 Å². The van der Waals surface area contributed by atoms with Gasteiger partial charge in [-0.1, -0.05) is 42.5 Å². The summed E-state index contributed by atoms with van der Waals surface area (Å²) in [6.45, 7) is 0. The highest BCUT2D eigenvalue weighted by atomic mass is 15.3. The van der Waals surface area contributed by atoms with Crippen LogP contribution in [0.5, 0.6) is 0 Å². The first-order valence-electron chi connectivity index (χ1n) is 8.91. The second-order valence-electron chi connectivity index (χ2n) is 7.05. The van der Waals surface area contributed by atoms with Crippen molar-refractivity contribution in [2.24, 2.45) is 21.8 Å². The monoisotopic (exact) mass is 336 g/mol. The Balaban J connectivity index is 1.37. The minimum Gasteiger partial charge on any atom is -0.278 e. The van der Waals surface area contributed by atoms with Crippen LogP contribution in [0.3, 0.4) is 0 Å². The average Bonchev–Trinajstić information content (AvgIpc) is 3.24. The van der Waals surface area contributed by atoms with Gasteiger partial charge in [0.25, 0.3) is 0 Å². The summed E-state index contributed by atoms with van der Waals surface area (Å²) in [6.07, 6.45) is 12.3. The third kappa shape index (κ3) is 2.05. The number of benzene rings is 2. The van der Waals surface area contributed by atoms with E-state index in [-0.39, 0.29) is 0 Å². The summed E-state index contributed by atoms with van der Waals surface area (Å²) < 4.78 is 1.91. The van der Waals surface area contributed by atoms with E-state index in [9.17, 15) is 0 Å². The molecular weight excluding hydrogens is 320 g/mol. The Bertz CT molecular complexity index is 1160. The van der Waals surface area contributed by atoms with Crippen LogP contribution in [0.4, 0.5) is 0 Å². The van der Waals surface area contributed by atoms with Crippen LogP contribution >= 0.6 is 0 Å². The normalized spacial score (nSPS) is 25.5. The van der Waals surface area contributed by atoms with E-state index in [4.69, 9.17) is 4.99 Å². The molecule has 0 amide bonds. The number of rotatable bonds is 2. The highest BCUT2D eigenvalue weighted by Crippen LogP contribution is 2.51. The maximum Gasteiger partial charge on any atom is 0.0865 e. The smallest absolute Gasteiger partial charge is 0.0865 e. The fourth-order valence-electron chi connectivity index (χ4n) is 4.01. The van der Waals surface area contributed by atoms with Crippen LogP contribution in [0.25, 0.3) is 16.5 Å². The molecule has 1 saturated carbocycles. The van der Waals surface area contributed by atoms with Crippen molar-refractivity contribution in [1.29, 1.82) is 0 Å². The van der Waals surface area contributed by atoms with Gasteiger partial charge in [0.1, 0.15) is 0 Å². The van der Waals surface area contributed by atoms with Crippen LogP contribution in [-0.2, 0) is 0 Å². The maximum atomic E-state index is 4.94. The predicted molar refractivity (Wildman–Crippen MR) is 104 cm³/mol. The van der Waals surface area contributed by atoms with E-state index in [0.717, 1.165) is 22.7 Å². The number of allylic oxidation sites excluding steroid dienone is 2. The van der Waals surface area contributed by atoms with Crippen LogP contribution in [0.1, 0.15) is 5.56 Å². The first-order chi connectivity index (χ1) is 12.9.